The first-order valence-electron chi connectivity index (χ1n) is 9.62. The summed E-state index contributed by atoms with van der Waals surface area (Å²) in [6.45, 7) is 2.96. The lowest BCUT2D eigenvalue weighted by atomic mass is 10.1. The number of para-hydroxylation sites is 1. The number of sulfonamides is 1. The van der Waals surface area contributed by atoms with E-state index in [4.69, 9.17) is 4.74 Å². The van der Waals surface area contributed by atoms with E-state index in [0.717, 1.165) is 35.0 Å². The zero-order valence-electron chi connectivity index (χ0n) is 16.2. The van der Waals surface area contributed by atoms with Crippen molar-refractivity contribution in [2.24, 2.45) is 0 Å². The largest absolute Gasteiger partial charge is 0.489 e. The molecule has 29 heavy (non-hydrogen) atoms. The molecule has 0 aliphatic carbocycles. The second-order valence-corrected chi connectivity index (χ2v) is 9.54. The fourth-order valence-corrected chi connectivity index (χ4v) is 5.62. The fraction of sp³-hybridized carbons (Fsp3) is 0.273. The van der Waals surface area contributed by atoms with Gasteiger partial charge in [-0.05, 0) is 43.3 Å². The Hall–Kier alpha value is -2.77. The summed E-state index contributed by atoms with van der Waals surface area (Å²) in [5.41, 5.74) is 2.85. The van der Waals surface area contributed by atoms with Crippen molar-refractivity contribution in [1.29, 1.82) is 0 Å². The number of ether oxygens (including phenoxy) is 1. The maximum Gasteiger partial charge on any atom is 0.334 e. The predicted molar refractivity (Wildman–Crippen MR) is 110 cm³/mol. The maximum absolute atomic E-state index is 13.0. The number of hydrogen-bond donors (Lipinski definition) is 0. The van der Waals surface area contributed by atoms with Crippen LogP contribution < -0.4 is 4.74 Å². The number of nitrogens with zero attached hydrogens (tertiary/aromatic N) is 2. The molecule has 0 saturated carbocycles. The lowest BCUT2D eigenvalue weighted by molar-refractivity contribution is -0.702. The van der Waals surface area contributed by atoms with Crippen molar-refractivity contribution in [2.75, 3.05) is 13.1 Å². The summed E-state index contributed by atoms with van der Waals surface area (Å²) in [4.78, 5) is 16.2. The summed E-state index contributed by atoms with van der Waals surface area (Å²) in [5.74, 6) is 0.571. The summed E-state index contributed by atoms with van der Waals surface area (Å²) in [6, 6.07) is 16.2. The van der Waals surface area contributed by atoms with E-state index in [1.807, 2.05) is 37.3 Å². The van der Waals surface area contributed by atoms with Crippen LogP contribution in [0.2, 0.25) is 0 Å². The SMILES string of the molecule is Cc1cc(COc2ccc(S(=O)(=O)[N+]3(C=O)CCCC3)cc2)c2ccccc2n1. The molecular formula is C22H23N2O4S+. The van der Waals surface area contributed by atoms with Gasteiger partial charge in [0, 0.05) is 29.5 Å². The third-order valence-corrected chi connectivity index (χ3v) is 7.72. The molecule has 0 spiro atoms. The highest BCUT2D eigenvalue weighted by Crippen LogP contribution is 2.29. The Bertz CT molecular complexity index is 1150. The van der Waals surface area contributed by atoms with Crippen molar-refractivity contribution in [1.82, 2.24) is 4.98 Å². The minimum Gasteiger partial charge on any atom is -0.489 e. The molecule has 1 saturated heterocycles. The first-order chi connectivity index (χ1) is 13.9. The van der Waals surface area contributed by atoms with Crippen molar-refractivity contribution in [2.45, 2.75) is 31.3 Å². The van der Waals surface area contributed by atoms with E-state index < -0.39 is 13.9 Å². The van der Waals surface area contributed by atoms with Crippen LogP contribution in [0, 0.1) is 6.92 Å². The van der Waals surface area contributed by atoms with Gasteiger partial charge in [-0.1, -0.05) is 18.2 Å². The zero-order chi connectivity index (χ0) is 20.5. The van der Waals surface area contributed by atoms with Crippen molar-refractivity contribution in [3.63, 3.8) is 0 Å². The lowest BCUT2D eigenvalue weighted by Gasteiger charge is -2.25. The molecule has 1 fully saturated rings. The molecule has 2 aromatic carbocycles. The number of likely N-dealkylation sites (tertiary alicyclic amines) is 1. The number of aryl methyl sites for hydroxylation is 1. The van der Waals surface area contributed by atoms with Crippen molar-refractivity contribution >= 4 is 27.3 Å². The highest BCUT2D eigenvalue weighted by molar-refractivity contribution is 7.86. The Balaban J connectivity index is 1.55. The predicted octanol–water partition coefficient (Wildman–Crippen LogP) is 3.58. The van der Waals surface area contributed by atoms with Crippen LogP contribution in [0.4, 0.5) is 0 Å². The Morgan fingerprint density at radius 1 is 1.07 bits per heavy atom. The van der Waals surface area contributed by atoms with Crippen LogP contribution in [0.15, 0.2) is 59.5 Å². The molecule has 0 radical (unpaired) electrons. The highest BCUT2D eigenvalue weighted by Gasteiger charge is 2.45. The smallest absolute Gasteiger partial charge is 0.334 e. The number of carbonyl (C=O) groups is 1. The van der Waals surface area contributed by atoms with Gasteiger partial charge < -0.3 is 4.74 Å². The van der Waals surface area contributed by atoms with Crippen molar-refractivity contribution < 1.29 is 21.8 Å². The number of quaternary nitrogens is 1. The van der Waals surface area contributed by atoms with Crippen molar-refractivity contribution in [3.8, 4) is 5.75 Å². The molecule has 0 atom stereocenters. The summed E-state index contributed by atoms with van der Waals surface area (Å²) in [6.07, 6.45) is 2.03. The Morgan fingerprint density at radius 2 is 1.76 bits per heavy atom. The Kier molecular flexibility index (Phi) is 5.10. The van der Waals surface area contributed by atoms with Crippen LogP contribution in [-0.4, -0.2) is 36.8 Å². The molecule has 6 nitrogen and oxygen atoms in total. The third kappa shape index (κ3) is 3.52. The van der Waals surface area contributed by atoms with E-state index in [-0.39, 0.29) is 4.90 Å². The van der Waals surface area contributed by atoms with Gasteiger partial charge in [0.1, 0.15) is 30.3 Å². The number of benzene rings is 2. The minimum atomic E-state index is -3.76. The van der Waals surface area contributed by atoms with Gasteiger partial charge in [-0.25, -0.2) is 4.79 Å². The van der Waals surface area contributed by atoms with E-state index in [1.165, 1.54) is 12.1 Å². The number of rotatable bonds is 6. The number of fused-ring (bicyclic) bond motifs is 1. The number of pyridine rings is 1. The number of aromatic nitrogens is 1. The normalized spacial score (nSPS) is 16.0. The topological polar surface area (TPSA) is 73.3 Å². The molecule has 3 aromatic rings. The number of carbonyl (C=O) groups excluding carboxylic acids is 1. The third-order valence-electron chi connectivity index (χ3n) is 5.44. The molecule has 1 aliphatic heterocycles. The maximum atomic E-state index is 13.0. The van der Waals surface area contributed by atoms with E-state index in [2.05, 4.69) is 4.98 Å². The van der Waals surface area contributed by atoms with Crippen LogP contribution in [0.5, 0.6) is 5.75 Å². The van der Waals surface area contributed by atoms with E-state index >= 15 is 0 Å². The highest BCUT2D eigenvalue weighted by atomic mass is 32.2. The second-order valence-electron chi connectivity index (χ2n) is 7.39. The molecule has 150 valence electrons. The van der Waals surface area contributed by atoms with Crippen LogP contribution in [-0.2, 0) is 21.4 Å². The lowest BCUT2D eigenvalue weighted by Crippen LogP contribution is -2.48. The first-order valence-corrected chi connectivity index (χ1v) is 11.1. The molecule has 7 heteroatoms. The Morgan fingerprint density at radius 3 is 2.45 bits per heavy atom. The average molecular weight is 412 g/mol. The van der Waals surface area contributed by atoms with Crippen LogP contribution >= 0.6 is 0 Å². The second kappa shape index (κ2) is 7.57. The van der Waals surface area contributed by atoms with Crippen molar-refractivity contribution in [3.05, 3.63) is 65.9 Å². The standard InChI is InChI=1S/C22H23N2O4S/c1-17-14-18(21-6-2-3-7-22(21)23-17)15-28-19-8-10-20(11-9-19)29(26,27)24(16-25)12-4-5-13-24/h2-3,6-11,14,16H,4-5,12-13,15H2,1H3/q+1. The monoisotopic (exact) mass is 411 g/mol. The summed E-state index contributed by atoms with van der Waals surface area (Å²) in [5, 5.41) is 1.03. The summed E-state index contributed by atoms with van der Waals surface area (Å²) in [7, 11) is -3.76. The quantitative estimate of drug-likeness (QED) is 0.458. The summed E-state index contributed by atoms with van der Waals surface area (Å²) >= 11 is 0. The van der Waals surface area contributed by atoms with Gasteiger partial charge in [0.2, 0.25) is 0 Å². The van der Waals surface area contributed by atoms with Gasteiger partial charge >= 0.3 is 16.4 Å². The van der Waals surface area contributed by atoms with Crippen LogP contribution in [0.25, 0.3) is 10.9 Å². The molecule has 2 heterocycles. The van der Waals surface area contributed by atoms with Crippen LogP contribution in [0.1, 0.15) is 24.1 Å². The van der Waals surface area contributed by atoms with Gasteiger partial charge in [-0.15, -0.1) is 0 Å². The molecule has 0 N–H and O–H groups in total. The molecule has 0 unspecified atom stereocenters. The van der Waals surface area contributed by atoms with Gasteiger partial charge in [-0.2, -0.15) is 12.3 Å². The van der Waals surface area contributed by atoms with Gasteiger partial charge in [0.05, 0.1) is 5.52 Å². The number of amides is 1. The summed E-state index contributed by atoms with van der Waals surface area (Å²) < 4.78 is 31.3. The molecule has 1 aromatic heterocycles. The first kappa shape index (κ1) is 19.5. The van der Waals surface area contributed by atoms with Gasteiger partial charge in [-0.3, -0.25) is 4.98 Å². The molecule has 1 amide bonds. The Labute approximate surface area is 170 Å². The fourth-order valence-electron chi connectivity index (χ4n) is 3.87. The number of hydrogen-bond acceptors (Lipinski definition) is 5. The van der Waals surface area contributed by atoms with Gasteiger partial charge in [0.25, 0.3) is 0 Å². The van der Waals surface area contributed by atoms with Crippen LogP contribution in [0.3, 0.4) is 0 Å². The molecule has 4 rings (SSSR count). The zero-order valence-corrected chi connectivity index (χ0v) is 17.1. The van der Waals surface area contributed by atoms with Gasteiger partial charge in [0.15, 0.2) is 0 Å². The van der Waals surface area contributed by atoms with E-state index in [0.29, 0.717) is 31.9 Å². The molecule has 1 aliphatic rings. The molecule has 0 bridgehead atoms. The minimum absolute atomic E-state index is 0.143. The molecular weight excluding hydrogens is 388 g/mol. The van der Waals surface area contributed by atoms with E-state index in [9.17, 15) is 13.2 Å². The van der Waals surface area contributed by atoms with E-state index in [1.54, 1.807) is 12.1 Å². The average Bonchev–Trinajstić information content (AvgIpc) is 3.23.